The SMILES string of the molecule is Cn1cccc1C(c1cccn1C)C(C)(C)O. The summed E-state index contributed by atoms with van der Waals surface area (Å²) in [5.41, 5.74) is 1.46. The summed E-state index contributed by atoms with van der Waals surface area (Å²) in [6.07, 6.45) is 4.02. The van der Waals surface area contributed by atoms with Crippen molar-refractivity contribution in [2.24, 2.45) is 14.1 Å². The van der Waals surface area contributed by atoms with Gasteiger partial charge in [-0.15, -0.1) is 0 Å². The molecule has 0 aromatic carbocycles. The van der Waals surface area contributed by atoms with Gasteiger partial charge in [0, 0.05) is 37.9 Å². The Hall–Kier alpha value is -1.48. The second-order valence-corrected chi connectivity index (χ2v) is 5.17. The van der Waals surface area contributed by atoms with Crippen LogP contribution in [0.5, 0.6) is 0 Å². The molecule has 2 rings (SSSR count). The first-order valence-electron chi connectivity index (χ1n) is 5.86. The van der Waals surface area contributed by atoms with E-state index in [1.54, 1.807) is 0 Å². The maximum Gasteiger partial charge on any atom is 0.0729 e. The molecule has 2 heterocycles. The van der Waals surface area contributed by atoms with E-state index in [-0.39, 0.29) is 5.92 Å². The van der Waals surface area contributed by atoms with Gasteiger partial charge in [-0.2, -0.15) is 0 Å². The number of hydrogen-bond donors (Lipinski definition) is 1. The zero-order chi connectivity index (χ0) is 12.6. The van der Waals surface area contributed by atoms with E-state index >= 15 is 0 Å². The number of hydrogen-bond acceptors (Lipinski definition) is 1. The number of aliphatic hydroxyl groups is 1. The number of rotatable bonds is 3. The molecule has 0 unspecified atom stereocenters. The van der Waals surface area contributed by atoms with Crippen molar-refractivity contribution in [3.8, 4) is 0 Å². The Balaban J connectivity index is 2.55. The summed E-state index contributed by atoms with van der Waals surface area (Å²) in [5, 5.41) is 10.4. The molecule has 17 heavy (non-hydrogen) atoms. The standard InChI is InChI=1S/C14H20N2O/c1-14(2,17)13(11-7-5-9-15(11)3)12-8-6-10-16(12)4/h5-10,13,17H,1-4H3. The van der Waals surface area contributed by atoms with Crippen LogP contribution in [0.25, 0.3) is 0 Å². The van der Waals surface area contributed by atoms with Gasteiger partial charge in [-0.1, -0.05) is 0 Å². The molecule has 3 nitrogen and oxygen atoms in total. The predicted molar refractivity (Wildman–Crippen MR) is 69.0 cm³/mol. The molecule has 0 fully saturated rings. The average Bonchev–Trinajstić information content (AvgIpc) is 2.77. The molecule has 0 aliphatic carbocycles. The van der Waals surface area contributed by atoms with Crippen LogP contribution in [0.1, 0.15) is 31.2 Å². The van der Waals surface area contributed by atoms with Gasteiger partial charge >= 0.3 is 0 Å². The van der Waals surface area contributed by atoms with Crippen LogP contribution in [0, 0.1) is 0 Å². The maximum atomic E-state index is 10.4. The van der Waals surface area contributed by atoms with E-state index in [4.69, 9.17) is 0 Å². The number of aryl methyl sites for hydroxylation is 2. The quantitative estimate of drug-likeness (QED) is 0.864. The van der Waals surface area contributed by atoms with Gasteiger partial charge in [-0.3, -0.25) is 0 Å². The highest BCUT2D eigenvalue weighted by molar-refractivity contribution is 5.29. The molecule has 2 aromatic heterocycles. The lowest BCUT2D eigenvalue weighted by Crippen LogP contribution is -2.32. The van der Waals surface area contributed by atoms with Crippen molar-refractivity contribution in [3.05, 3.63) is 48.0 Å². The van der Waals surface area contributed by atoms with E-state index in [9.17, 15) is 5.11 Å². The van der Waals surface area contributed by atoms with Gasteiger partial charge in [-0.05, 0) is 38.1 Å². The minimum absolute atomic E-state index is 0.0255. The lowest BCUT2D eigenvalue weighted by Gasteiger charge is -2.30. The minimum Gasteiger partial charge on any atom is -0.389 e. The third-order valence-corrected chi connectivity index (χ3v) is 3.27. The Kier molecular flexibility index (Phi) is 2.87. The lowest BCUT2D eigenvalue weighted by atomic mass is 9.85. The molecule has 0 amide bonds. The van der Waals surface area contributed by atoms with Crippen LogP contribution in [0.4, 0.5) is 0 Å². The van der Waals surface area contributed by atoms with Gasteiger partial charge in [0.1, 0.15) is 0 Å². The van der Waals surface area contributed by atoms with Crippen molar-refractivity contribution in [3.63, 3.8) is 0 Å². The smallest absolute Gasteiger partial charge is 0.0729 e. The van der Waals surface area contributed by atoms with Crippen molar-refractivity contribution in [2.45, 2.75) is 25.4 Å². The number of nitrogens with zero attached hydrogens (tertiary/aromatic N) is 2. The second-order valence-electron chi connectivity index (χ2n) is 5.17. The molecule has 0 aliphatic rings. The third kappa shape index (κ3) is 2.15. The second kappa shape index (κ2) is 4.08. The predicted octanol–water partition coefficient (Wildman–Crippen LogP) is 2.27. The monoisotopic (exact) mass is 232 g/mol. The average molecular weight is 232 g/mol. The zero-order valence-corrected chi connectivity index (χ0v) is 10.9. The van der Waals surface area contributed by atoms with Crippen LogP contribution in [-0.2, 0) is 14.1 Å². The highest BCUT2D eigenvalue weighted by Crippen LogP contribution is 2.34. The van der Waals surface area contributed by atoms with Gasteiger partial charge in [-0.25, -0.2) is 0 Å². The van der Waals surface area contributed by atoms with Crippen molar-refractivity contribution in [1.29, 1.82) is 0 Å². The molecule has 0 atom stereocenters. The molecule has 3 heteroatoms. The minimum atomic E-state index is -0.793. The summed E-state index contributed by atoms with van der Waals surface area (Å²) in [5.74, 6) is -0.0255. The van der Waals surface area contributed by atoms with Gasteiger partial charge in [0.15, 0.2) is 0 Å². The molecule has 0 radical (unpaired) electrons. The topological polar surface area (TPSA) is 30.1 Å². The Labute approximate surface area is 102 Å². The molecule has 0 bridgehead atoms. The van der Waals surface area contributed by atoms with Gasteiger partial charge in [0.05, 0.1) is 11.5 Å². The Morgan fingerprint density at radius 3 is 1.65 bits per heavy atom. The van der Waals surface area contributed by atoms with E-state index in [1.165, 1.54) is 0 Å². The van der Waals surface area contributed by atoms with Crippen LogP contribution >= 0.6 is 0 Å². The van der Waals surface area contributed by atoms with Crippen molar-refractivity contribution >= 4 is 0 Å². The molecule has 0 spiro atoms. The number of aromatic nitrogens is 2. The molecule has 0 aliphatic heterocycles. The molecule has 0 saturated carbocycles. The van der Waals surface area contributed by atoms with Gasteiger partial charge in [0.25, 0.3) is 0 Å². The van der Waals surface area contributed by atoms with Gasteiger partial charge in [0.2, 0.25) is 0 Å². The fraction of sp³-hybridized carbons (Fsp3) is 0.429. The van der Waals surface area contributed by atoms with E-state index in [1.807, 2.05) is 52.5 Å². The zero-order valence-electron chi connectivity index (χ0n) is 10.9. The normalized spacial score (nSPS) is 12.4. The summed E-state index contributed by atoms with van der Waals surface area (Å²) in [6, 6.07) is 8.15. The summed E-state index contributed by atoms with van der Waals surface area (Å²) < 4.78 is 4.13. The van der Waals surface area contributed by atoms with Gasteiger partial charge < -0.3 is 14.2 Å². The molecule has 2 aromatic rings. The summed E-state index contributed by atoms with van der Waals surface area (Å²) in [7, 11) is 4.02. The highest BCUT2D eigenvalue weighted by atomic mass is 16.3. The summed E-state index contributed by atoms with van der Waals surface area (Å²) in [6.45, 7) is 3.72. The third-order valence-electron chi connectivity index (χ3n) is 3.27. The lowest BCUT2D eigenvalue weighted by molar-refractivity contribution is 0.0585. The van der Waals surface area contributed by atoms with E-state index in [0.29, 0.717) is 0 Å². The molecule has 0 saturated heterocycles. The molecular formula is C14H20N2O. The Bertz CT molecular complexity index is 462. The van der Waals surface area contributed by atoms with Crippen LogP contribution < -0.4 is 0 Å². The van der Waals surface area contributed by atoms with Crippen molar-refractivity contribution < 1.29 is 5.11 Å². The molecule has 92 valence electrons. The molecular weight excluding hydrogens is 212 g/mol. The van der Waals surface area contributed by atoms with Crippen molar-refractivity contribution in [1.82, 2.24) is 9.13 Å². The Morgan fingerprint density at radius 1 is 1.00 bits per heavy atom. The molecule has 1 N–H and O–H groups in total. The van der Waals surface area contributed by atoms with Crippen LogP contribution in [0.3, 0.4) is 0 Å². The van der Waals surface area contributed by atoms with E-state index < -0.39 is 5.60 Å². The first kappa shape index (κ1) is 12.0. The van der Waals surface area contributed by atoms with Crippen molar-refractivity contribution in [2.75, 3.05) is 0 Å². The first-order chi connectivity index (χ1) is 7.91. The summed E-state index contributed by atoms with van der Waals surface area (Å²) >= 11 is 0. The van der Waals surface area contributed by atoms with E-state index in [2.05, 4.69) is 21.3 Å². The highest BCUT2D eigenvalue weighted by Gasteiger charge is 2.33. The first-order valence-corrected chi connectivity index (χ1v) is 5.86. The van der Waals surface area contributed by atoms with E-state index in [0.717, 1.165) is 11.4 Å². The van der Waals surface area contributed by atoms with Crippen LogP contribution in [0.15, 0.2) is 36.7 Å². The summed E-state index contributed by atoms with van der Waals surface area (Å²) in [4.78, 5) is 0. The maximum absolute atomic E-state index is 10.4. The fourth-order valence-corrected chi connectivity index (χ4v) is 2.42. The van der Waals surface area contributed by atoms with Crippen LogP contribution in [0.2, 0.25) is 0 Å². The Morgan fingerprint density at radius 2 is 1.41 bits per heavy atom. The fourth-order valence-electron chi connectivity index (χ4n) is 2.42. The van der Waals surface area contributed by atoms with Crippen LogP contribution in [-0.4, -0.2) is 19.8 Å². The largest absolute Gasteiger partial charge is 0.389 e.